The highest BCUT2D eigenvalue weighted by Gasteiger charge is 2.20. The van der Waals surface area contributed by atoms with Gasteiger partial charge in [-0.3, -0.25) is 0 Å². The molecule has 0 heterocycles. The van der Waals surface area contributed by atoms with E-state index in [-0.39, 0.29) is 0 Å². The maximum absolute atomic E-state index is 4.01. The molecule has 6 N–H and O–H groups in total. The van der Waals surface area contributed by atoms with Gasteiger partial charge < -0.3 is 11.5 Å². The molecule has 0 amide bonds. The number of quaternary nitrogens is 2. The molecule has 0 spiro atoms. The van der Waals surface area contributed by atoms with E-state index in [1.165, 1.54) is 193 Å². The molecule has 0 aliphatic rings. The lowest BCUT2D eigenvalue weighted by atomic mass is 9.78. The molecule has 2 unspecified atom stereocenters. The Kier molecular flexibility index (Phi) is 33.1. The third-order valence-corrected chi connectivity index (χ3v) is 9.17. The Bertz CT molecular complexity index is 392. The zero-order valence-electron chi connectivity index (χ0n) is 27.2. The maximum Gasteiger partial charge on any atom is 0.0739 e. The number of hydrogen-bond acceptors (Lipinski definition) is 0. The smallest absolute Gasteiger partial charge is 0.0739 e. The molecule has 38 heavy (non-hydrogen) atoms. The van der Waals surface area contributed by atoms with Crippen molar-refractivity contribution in [2.24, 2.45) is 11.8 Å². The third kappa shape index (κ3) is 27.5. The van der Waals surface area contributed by atoms with Crippen molar-refractivity contribution < 1.29 is 11.5 Å². The molecule has 2 heteroatoms. The molecule has 0 saturated carbocycles. The summed E-state index contributed by atoms with van der Waals surface area (Å²) in [6, 6.07) is 0. The Hall–Kier alpha value is -0.0800. The lowest BCUT2D eigenvalue weighted by Gasteiger charge is -2.28. The Morgan fingerprint density at radius 3 is 0.737 bits per heavy atom. The molecule has 0 aromatic rings. The standard InChI is InChI=1S/C36H76N2/c1-3-5-7-9-12-18-24-30-36(32-26-20-14-16-22-28-34-38)35(29-23-17-10-8-6-4-2)31-25-19-13-11-15-21-27-33-37/h35-36H,3-34,37-38H2,1-2H3/p+2. The van der Waals surface area contributed by atoms with Crippen LogP contribution in [0.15, 0.2) is 0 Å². The van der Waals surface area contributed by atoms with Crippen LogP contribution in [0.3, 0.4) is 0 Å². The van der Waals surface area contributed by atoms with Gasteiger partial charge in [-0.05, 0) is 37.5 Å². The summed E-state index contributed by atoms with van der Waals surface area (Å²) >= 11 is 0. The molecule has 0 aromatic carbocycles. The molecule has 0 aromatic heterocycles. The van der Waals surface area contributed by atoms with E-state index in [9.17, 15) is 0 Å². The van der Waals surface area contributed by atoms with Crippen molar-refractivity contribution in [1.29, 1.82) is 0 Å². The van der Waals surface area contributed by atoms with Gasteiger partial charge in [0.15, 0.2) is 0 Å². The summed E-state index contributed by atoms with van der Waals surface area (Å²) < 4.78 is 0. The molecule has 0 rings (SSSR count). The molecule has 0 fully saturated rings. The first-order valence-corrected chi connectivity index (χ1v) is 18.4. The van der Waals surface area contributed by atoms with Gasteiger partial charge >= 0.3 is 0 Å². The van der Waals surface area contributed by atoms with Crippen molar-refractivity contribution in [1.82, 2.24) is 0 Å². The Morgan fingerprint density at radius 1 is 0.289 bits per heavy atom. The van der Waals surface area contributed by atoms with Gasteiger partial charge in [0.1, 0.15) is 0 Å². The topological polar surface area (TPSA) is 55.3 Å². The third-order valence-electron chi connectivity index (χ3n) is 9.17. The molecule has 2 nitrogen and oxygen atoms in total. The Labute approximate surface area is 242 Å². The first-order valence-electron chi connectivity index (χ1n) is 18.4. The second-order valence-electron chi connectivity index (χ2n) is 12.9. The monoisotopic (exact) mass is 539 g/mol. The first kappa shape index (κ1) is 37.9. The van der Waals surface area contributed by atoms with Crippen LogP contribution < -0.4 is 11.5 Å². The minimum Gasteiger partial charge on any atom is -0.358 e. The second-order valence-corrected chi connectivity index (χ2v) is 12.9. The molecular weight excluding hydrogens is 460 g/mol. The summed E-state index contributed by atoms with van der Waals surface area (Å²) in [6.45, 7) is 6.92. The Morgan fingerprint density at radius 2 is 0.500 bits per heavy atom. The van der Waals surface area contributed by atoms with Crippen molar-refractivity contribution >= 4 is 0 Å². The van der Waals surface area contributed by atoms with Gasteiger partial charge in [-0.2, -0.15) is 0 Å². The SMILES string of the molecule is CCCCCCCCCC(CCCCCCCC[NH3+])C(CCCCCCCC)CCCCCCCCC[NH3+]. The molecule has 230 valence electrons. The average molecular weight is 539 g/mol. The molecule has 0 aliphatic heterocycles. The van der Waals surface area contributed by atoms with E-state index in [0.717, 1.165) is 24.9 Å². The minimum absolute atomic E-state index is 1.01. The Balaban J connectivity index is 4.69. The number of hydrogen-bond donors (Lipinski definition) is 2. The lowest BCUT2D eigenvalue weighted by Crippen LogP contribution is -2.50. The van der Waals surface area contributed by atoms with Crippen LogP contribution in [-0.2, 0) is 0 Å². The van der Waals surface area contributed by atoms with E-state index in [1.807, 2.05) is 0 Å². The normalized spacial score (nSPS) is 13.3. The number of unbranched alkanes of at least 4 members (excludes halogenated alkanes) is 22. The highest BCUT2D eigenvalue weighted by molar-refractivity contribution is 4.72. The van der Waals surface area contributed by atoms with Crippen LogP contribution in [0.25, 0.3) is 0 Å². The van der Waals surface area contributed by atoms with Crippen LogP contribution in [0.1, 0.15) is 206 Å². The molecule has 2 atom stereocenters. The van der Waals surface area contributed by atoms with E-state index in [2.05, 4.69) is 25.3 Å². The zero-order valence-corrected chi connectivity index (χ0v) is 27.2. The predicted molar refractivity (Wildman–Crippen MR) is 172 cm³/mol. The maximum atomic E-state index is 4.01. The van der Waals surface area contributed by atoms with Gasteiger partial charge in [0.25, 0.3) is 0 Å². The van der Waals surface area contributed by atoms with Gasteiger partial charge in [-0.1, -0.05) is 181 Å². The van der Waals surface area contributed by atoms with Crippen molar-refractivity contribution in [2.45, 2.75) is 206 Å². The van der Waals surface area contributed by atoms with Gasteiger partial charge in [0.05, 0.1) is 13.1 Å². The fourth-order valence-corrected chi connectivity index (χ4v) is 6.54. The largest absolute Gasteiger partial charge is 0.358 e. The summed E-state index contributed by atoms with van der Waals surface area (Å²) in [5.41, 5.74) is 8.01. The fourth-order valence-electron chi connectivity index (χ4n) is 6.54. The summed E-state index contributed by atoms with van der Waals surface area (Å²) in [6.07, 6.45) is 43.7. The van der Waals surface area contributed by atoms with Gasteiger partial charge in [0, 0.05) is 0 Å². The zero-order chi connectivity index (χ0) is 27.8. The number of rotatable bonds is 33. The van der Waals surface area contributed by atoms with Crippen LogP contribution in [0.4, 0.5) is 0 Å². The van der Waals surface area contributed by atoms with E-state index in [0.29, 0.717) is 0 Å². The van der Waals surface area contributed by atoms with Gasteiger partial charge in [0.2, 0.25) is 0 Å². The molecular formula is C36H78N2+2. The van der Waals surface area contributed by atoms with E-state index < -0.39 is 0 Å². The summed E-state index contributed by atoms with van der Waals surface area (Å²) in [4.78, 5) is 0. The van der Waals surface area contributed by atoms with Crippen molar-refractivity contribution in [2.75, 3.05) is 13.1 Å². The van der Waals surface area contributed by atoms with E-state index in [4.69, 9.17) is 0 Å². The van der Waals surface area contributed by atoms with E-state index in [1.54, 1.807) is 0 Å². The molecule has 0 saturated heterocycles. The van der Waals surface area contributed by atoms with Gasteiger partial charge in [-0.15, -0.1) is 0 Å². The highest BCUT2D eigenvalue weighted by Crippen LogP contribution is 2.33. The van der Waals surface area contributed by atoms with Crippen LogP contribution >= 0.6 is 0 Å². The average Bonchev–Trinajstić information content (AvgIpc) is 2.93. The minimum atomic E-state index is 1.01. The first-order chi connectivity index (χ1) is 18.8. The van der Waals surface area contributed by atoms with Crippen LogP contribution in [0, 0.1) is 11.8 Å². The summed E-state index contributed by atoms with van der Waals surface area (Å²) in [5.74, 6) is 2.02. The van der Waals surface area contributed by atoms with Gasteiger partial charge in [-0.25, -0.2) is 0 Å². The quantitative estimate of drug-likeness (QED) is 0.0781. The highest BCUT2D eigenvalue weighted by atomic mass is 14.5. The van der Waals surface area contributed by atoms with Crippen molar-refractivity contribution in [3.63, 3.8) is 0 Å². The van der Waals surface area contributed by atoms with Crippen LogP contribution in [-0.4, -0.2) is 13.1 Å². The summed E-state index contributed by atoms with van der Waals surface area (Å²) in [7, 11) is 0. The van der Waals surface area contributed by atoms with Crippen LogP contribution in [0.2, 0.25) is 0 Å². The molecule has 0 bridgehead atoms. The van der Waals surface area contributed by atoms with E-state index >= 15 is 0 Å². The second kappa shape index (κ2) is 33.1. The van der Waals surface area contributed by atoms with Crippen LogP contribution in [0.5, 0.6) is 0 Å². The predicted octanol–water partition coefficient (Wildman–Crippen LogP) is 10.4. The van der Waals surface area contributed by atoms with Crippen molar-refractivity contribution in [3.05, 3.63) is 0 Å². The molecule has 0 radical (unpaired) electrons. The van der Waals surface area contributed by atoms with Crippen molar-refractivity contribution in [3.8, 4) is 0 Å². The molecule has 0 aliphatic carbocycles. The summed E-state index contributed by atoms with van der Waals surface area (Å²) in [5, 5.41) is 0. The fraction of sp³-hybridized carbons (Fsp3) is 1.00. The lowest BCUT2D eigenvalue weighted by molar-refractivity contribution is -0.368.